The lowest BCUT2D eigenvalue weighted by Crippen LogP contribution is -2.48. The standard InChI is InChI=1S/C9H17NO3/c1-7(2)10-4-5-13-8(6-10)9(11)12-3/h7-8H,4-6H2,1-3H3/t8-/m1/s1. The average molecular weight is 187 g/mol. The quantitative estimate of drug-likeness (QED) is 0.582. The molecule has 1 aliphatic heterocycles. The normalized spacial score (nSPS) is 24.8. The fraction of sp³-hybridized carbons (Fsp3) is 0.889. The zero-order chi connectivity index (χ0) is 9.84. The molecule has 0 aromatic rings. The Kier molecular flexibility index (Phi) is 3.69. The van der Waals surface area contributed by atoms with E-state index in [2.05, 4.69) is 23.5 Å². The zero-order valence-electron chi connectivity index (χ0n) is 8.45. The van der Waals surface area contributed by atoms with Crippen LogP contribution in [0.3, 0.4) is 0 Å². The van der Waals surface area contributed by atoms with Gasteiger partial charge in [-0.05, 0) is 13.8 Å². The zero-order valence-corrected chi connectivity index (χ0v) is 8.45. The van der Waals surface area contributed by atoms with Crippen molar-refractivity contribution in [2.24, 2.45) is 0 Å². The van der Waals surface area contributed by atoms with Gasteiger partial charge in [0.1, 0.15) is 0 Å². The van der Waals surface area contributed by atoms with Gasteiger partial charge in [-0.15, -0.1) is 0 Å². The summed E-state index contributed by atoms with van der Waals surface area (Å²) in [5.41, 5.74) is 0. The third-order valence-corrected chi connectivity index (χ3v) is 2.29. The molecular weight excluding hydrogens is 170 g/mol. The first-order valence-electron chi connectivity index (χ1n) is 4.58. The van der Waals surface area contributed by atoms with E-state index in [1.54, 1.807) is 0 Å². The van der Waals surface area contributed by atoms with E-state index in [0.717, 1.165) is 6.54 Å². The number of methoxy groups -OCH3 is 1. The minimum atomic E-state index is -0.402. The van der Waals surface area contributed by atoms with Crippen LogP contribution < -0.4 is 0 Å². The van der Waals surface area contributed by atoms with Gasteiger partial charge in [0, 0.05) is 19.1 Å². The number of hydrogen-bond acceptors (Lipinski definition) is 4. The lowest BCUT2D eigenvalue weighted by atomic mass is 10.2. The Balaban J connectivity index is 2.46. The number of rotatable bonds is 2. The van der Waals surface area contributed by atoms with Crippen LogP contribution in [0.5, 0.6) is 0 Å². The van der Waals surface area contributed by atoms with Crippen LogP contribution in [0.1, 0.15) is 13.8 Å². The summed E-state index contributed by atoms with van der Waals surface area (Å²) in [7, 11) is 1.39. The van der Waals surface area contributed by atoms with Gasteiger partial charge in [0.25, 0.3) is 0 Å². The molecule has 0 N–H and O–H groups in total. The van der Waals surface area contributed by atoms with Crippen LogP contribution in [0.15, 0.2) is 0 Å². The molecule has 0 spiro atoms. The topological polar surface area (TPSA) is 38.8 Å². The maximum atomic E-state index is 11.2. The molecule has 0 saturated carbocycles. The molecule has 0 amide bonds. The number of ether oxygens (including phenoxy) is 2. The number of nitrogens with zero attached hydrogens (tertiary/aromatic N) is 1. The van der Waals surface area contributed by atoms with Crippen LogP contribution in [0.25, 0.3) is 0 Å². The predicted molar refractivity (Wildman–Crippen MR) is 48.5 cm³/mol. The second kappa shape index (κ2) is 4.58. The van der Waals surface area contributed by atoms with Gasteiger partial charge in [0.05, 0.1) is 13.7 Å². The van der Waals surface area contributed by atoms with Gasteiger partial charge in [-0.1, -0.05) is 0 Å². The van der Waals surface area contributed by atoms with Crippen LogP contribution in [-0.2, 0) is 14.3 Å². The fourth-order valence-corrected chi connectivity index (χ4v) is 1.41. The molecule has 1 fully saturated rings. The monoisotopic (exact) mass is 187 g/mol. The van der Waals surface area contributed by atoms with Gasteiger partial charge >= 0.3 is 5.97 Å². The largest absolute Gasteiger partial charge is 0.467 e. The molecule has 1 saturated heterocycles. The van der Waals surface area contributed by atoms with E-state index in [9.17, 15) is 4.79 Å². The van der Waals surface area contributed by atoms with Crippen molar-refractivity contribution >= 4 is 5.97 Å². The van der Waals surface area contributed by atoms with Crippen molar-refractivity contribution in [3.63, 3.8) is 0 Å². The summed E-state index contributed by atoms with van der Waals surface area (Å²) in [6.45, 7) is 6.37. The first-order chi connectivity index (χ1) is 6.15. The van der Waals surface area contributed by atoms with E-state index in [1.165, 1.54) is 7.11 Å². The second-order valence-electron chi connectivity index (χ2n) is 3.47. The van der Waals surface area contributed by atoms with Gasteiger partial charge < -0.3 is 9.47 Å². The van der Waals surface area contributed by atoms with Crippen molar-refractivity contribution in [1.29, 1.82) is 0 Å². The molecule has 1 rings (SSSR count). The van der Waals surface area contributed by atoms with Crippen molar-refractivity contribution in [1.82, 2.24) is 4.90 Å². The minimum Gasteiger partial charge on any atom is -0.467 e. The average Bonchev–Trinajstić information content (AvgIpc) is 2.17. The second-order valence-corrected chi connectivity index (χ2v) is 3.47. The molecule has 4 nitrogen and oxygen atoms in total. The molecule has 0 unspecified atom stereocenters. The lowest BCUT2D eigenvalue weighted by Gasteiger charge is -2.34. The molecule has 0 bridgehead atoms. The Morgan fingerprint density at radius 1 is 1.62 bits per heavy atom. The maximum Gasteiger partial charge on any atom is 0.336 e. The molecule has 4 heteroatoms. The summed E-state index contributed by atoms with van der Waals surface area (Å²) in [5.74, 6) is -0.273. The van der Waals surface area contributed by atoms with E-state index in [1.807, 2.05) is 0 Å². The number of morpholine rings is 1. The maximum absolute atomic E-state index is 11.2. The van der Waals surface area contributed by atoms with Crippen molar-refractivity contribution < 1.29 is 14.3 Å². The molecule has 13 heavy (non-hydrogen) atoms. The van der Waals surface area contributed by atoms with Gasteiger partial charge in [-0.2, -0.15) is 0 Å². The number of hydrogen-bond donors (Lipinski definition) is 0. The van der Waals surface area contributed by atoms with Gasteiger partial charge in [0.2, 0.25) is 0 Å². The first kappa shape index (κ1) is 10.5. The van der Waals surface area contributed by atoms with Crippen molar-refractivity contribution in [2.75, 3.05) is 26.8 Å². The molecular formula is C9H17NO3. The van der Waals surface area contributed by atoms with E-state index >= 15 is 0 Å². The number of carbonyl (C=O) groups excluding carboxylic acids is 1. The summed E-state index contributed by atoms with van der Waals surface area (Å²) < 4.78 is 9.92. The van der Waals surface area contributed by atoms with Gasteiger partial charge in [0.15, 0.2) is 6.10 Å². The highest BCUT2D eigenvalue weighted by molar-refractivity contribution is 5.74. The Morgan fingerprint density at radius 3 is 2.85 bits per heavy atom. The SMILES string of the molecule is COC(=O)[C@H]1CN(C(C)C)CCO1. The summed E-state index contributed by atoms with van der Waals surface area (Å²) in [6.07, 6.45) is -0.402. The lowest BCUT2D eigenvalue weighted by molar-refractivity contribution is -0.160. The van der Waals surface area contributed by atoms with Crippen LogP contribution in [0, 0.1) is 0 Å². The van der Waals surface area contributed by atoms with Crippen molar-refractivity contribution in [3.8, 4) is 0 Å². The molecule has 1 aliphatic rings. The highest BCUT2D eigenvalue weighted by atomic mass is 16.6. The van der Waals surface area contributed by atoms with Gasteiger partial charge in [-0.25, -0.2) is 4.79 Å². The highest BCUT2D eigenvalue weighted by Gasteiger charge is 2.28. The molecule has 0 aliphatic carbocycles. The summed E-state index contributed by atoms with van der Waals surface area (Å²) in [6, 6.07) is 0.455. The van der Waals surface area contributed by atoms with E-state index in [4.69, 9.17) is 4.74 Å². The van der Waals surface area contributed by atoms with Crippen LogP contribution in [0.2, 0.25) is 0 Å². The Bertz CT molecular complexity index is 182. The molecule has 1 heterocycles. The molecule has 0 aromatic carbocycles. The Labute approximate surface area is 78.8 Å². The summed E-state index contributed by atoms with van der Waals surface area (Å²) in [4.78, 5) is 13.4. The molecule has 0 radical (unpaired) electrons. The first-order valence-corrected chi connectivity index (χ1v) is 4.58. The number of esters is 1. The third-order valence-electron chi connectivity index (χ3n) is 2.29. The van der Waals surface area contributed by atoms with E-state index in [-0.39, 0.29) is 5.97 Å². The molecule has 0 aromatic heterocycles. The van der Waals surface area contributed by atoms with Crippen LogP contribution in [-0.4, -0.2) is 49.8 Å². The van der Waals surface area contributed by atoms with Crippen LogP contribution >= 0.6 is 0 Å². The van der Waals surface area contributed by atoms with Crippen molar-refractivity contribution in [3.05, 3.63) is 0 Å². The smallest absolute Gasteiger partial charge is 0.336 e. The van der Waals surface area contributed by atoms with E-state index in [0.29, 0.717) is 19.2 Å². The van der Waals surface area contributed by atoms with E-state index < -0.39 is 6.10 Å². The summed E-state index contributed by atoms with van der Waals surface area (Å²) >= 11 is 0. The van der Waals surface area contributed by atoms with Crippen molar-refractivity contribution in [2.45, 2.75) is 26.0 Å². The van der Waals surface area contributed by atoms with Crippen LogP contribution in [0.4, 0.5) is 0 Å². The fourth-order valence-electron chi connectivity index (χ4n) is 1.41. The number of carbonyl (C=O) groups is 1. The summed E-state index contributed by atoms with van der Waals surface area (Å²) in [5, 5.41) is 0. The van der Waals surface area contributed by atoms with Gasteiger partial charge in [-0.3, -0.25) is 4.90 Å². The minimum absolute atomic E-state index is 0.273. The highest BCUT2D eigenvalue weighted by Crippen LogP contribution is 2.09. The Morgan fingerprint density at radius 2 is 2.31 bits per heavy atom. The molecule has 1 atom stereocenters. The third kappa shape index (κ3) is 2.67. The Hall–Kier alpha value is -0.610. The predicted octanol–water partition coefficient (Wildman–Crippen LogP) is 0.269. The molecule has 76 valence electrons.